The van der Waals surface area contributed by atoms with Crippen LogP contribution in [0.15, 0.2) is 0 Å². The third kappa shape index (κ3) is 4.56. The quantitative estimate of drug-likeness (QED) is 0.561. The van der Waals surface area contributed by atoms with Crippen molar-refractivity contribution in [3.8, 4) is 0 Å². The molecule has 0 amide bonds. The van der Waals surface area contributed by atoms with Gasteiger partial charge in [0.05, 0.1) is 18.9 Å². The van der Waals surface area contributed by atoms with Gasteiger partial charge < -0.3 is 9.47 Å². The fraction of sp³-hybridized carbons (Fsp3) is 0.833. The molecule has 3 atom stereocenters. The zero-order chi connectivity index (χ0) is 17.8. The molecule has 1 rings (SSSR count). The first-order valence-electron chi connectivity index (χ1n) is 6.75. The summed E-state index contributed by atoms with van der Waals surface area (Å²) >= 11 is 0. The lowest BCUT2D eigenvalue weighted by Gasteiger charge is -2.28. The lowest BCUT2D eigenvalue weighted by Crippen LogP contribution is -2.42. The van der Waals surface area contributed by atoms with E-state index in [1.165, 1.54) is 0 Å². The first-order chi connectivity index (χ1) is 10.5. The fourth-order valence-corrected chi connectivity index (χ4v) is 2.76. The standard InChI is InChI=1S/C12H17F3O7S/c1-21-10(16)7-4-2-3-5-8(7)11(17)22-6-9(13)12(14,15)23(18,19)20/h7-9H,2-6H2,1H3,(H,18,19,20). The third-order valence-corrected chi connectivity index (χ3v) is 4.60. The fourth-order valence-electron chi connectivity index (χ4n) is 2.37. The number of esters is 2. The molecule has 0 heterocycles. The molecule has 3 unspecified atom stereocenters. The number of hydrogen-bond acceptors (Lipinski definition) is 6. The van der Waals surface area contributed by atoms with Crippen LogP contribution in [0.3, 0.4) is 0 Å². The van der Waals surface area contributed by atoms with Crippen molar-refractivity contribution in [3.05, 3.63) is 0 Å². The monoisotopic (exact) mass is 362 g/mol. The van der Waals surface area contributed by atoms with Crippen molar-refractivity contribution in [3.63, 3.8) is 0 Å². The summed E-state index contributed by atoms with van der Waals surface area (Å²) in [5.41, 5.74) is 0. The van der Waals surface area contributed by atoms with Crippen molar-refractivity contribution in [1.29, 1.82) is 0 Å². The highest BCUT2D eigenvalue weighted by Crippen LogP contribution is 2.33. The van der Waals surface area contributed by atoms with Crippen molar-refractivity contribution >= 4 is 22.1 Å². The molecule has 0 aromatic heterocycles. The Morgan fingerprint density at radius 2 is 1.70 bits per heavy atom. The van der Waals surface area contributed by atoms with Gasteiger partial charge in [-0.1, -0.05) is 12.8 Å². The van der Waals surface area contributed by atoms with Gasteiger partial charge >= 0.3 is 27.3 Å². The van der Waals surface area contributed by atoms with Crippen LogP contribution in [-0.2, 0) is 29.2 Å². The molecule has 0 radical (unpaired) electrons. The van der Waals surface area contributed by atoms with E-state index in [9.17, 15) is 31.2 Å². The van der Waals surface area contributed by atoms with E-state index >= 15 is 0 Å². The molecular weight excluding hydrogens is 345 g/mol. The van der Waals surface area contributed by atoms with E-state index in [-0.39, 0.29) is 6.42 Å². The van der Waals surface area contributed by atoms with Crippen molar-refractivity contribution < 1.29 is 45.2 Å². The molecule has 7 nitrogen and oxygen atoms in total. The normalized spacial score (nSPS) is 23.9. The molecule has 134 valence electrons. The zero-order valence-corrected chi connectivity index (χ0v) is 13.0. The summed E-state index contributed by atoms with van der Waals surface area (Å²) in [6.07, 6.45) is -1.60. The maximum absolute atomic E-state index is 13.3. The summed E-state index contributed by atoms with van der Waals surface area (Å²) in [5, 5.41) is -5.10. The molecule has 0 spiro atoms. The summed E-state index contributed by atoms with van der Waals surface area (Å²) in [4.78, 5) is 23.4. The molecule has 0 saturated heterocycles. The number of hydrogen-bond donors (Lipinski definition) is 1. The van der Waals surface area contributed by atoms with Gasteiger partial charge in [-0.2, -0.15) is 17.2 Å². The van der Waals surface area contributed by atoms with E-state index in [0.717, 1.165) is 7.11 Å². The topological polar surface area (TPSA) is 107 Å². The molecule has 0 aromatic carbocycles. The Morgan fingerprint density at radius 1 is 1.22 bits per heavy atom. The Morgan fingerprint density at radius 3 is 2.13 bits per heavy atom. The summed E-state index contributed by atoms with van der Waals surface area (Å²) in [5.74, 6) is -3.54. The molecule has 0 bridgehead atoms. The van der Waals surface area contributed by atoms with Crippen LogP contribution in [0.25, 0.3) is 0 Å². The maximum atomic E-state index is 13.3. The lowest BCUT2D eigenvalue weighted by molar-refractivity contribution is -0.164. The highest BCUT2D eigenvalue weighted by molar-refractivity contribution is 7.86. The minimum Gasteiger partial charge on any atom is -0.469 e. The van der Waals surface area contributed by atoms with Crippen LogP contribution in [0, 0.1) is 11.8 Å². The minimum atomic E-state index is -5.98. The van der Waals surface area contributed by atoms with Crippen molar-refractivity contribution in [2.24, 2.45) is 11.8 Å². The van der Waals surface area contributed by atoms with Crippen molar-refractivity contribution in [2.45, 2.75) is 37.1 Å². The van der Waals surface area contributed by atoms with Crippen LogP contribution in [0.1, 0.15) is 25.7 Å². The molecule has 1 fully saturated rings. The van der Waals surface area contributed by atoms with Crippen LogP contribution in [0.2, 0.25) is 0 Å². The largest absolute Gasteiger partial charge is 0.469 e. The molecule has 1 aliphatic carbocycles. The number of carbonyl (C=O) groups is 2. The van der Waals surface area contributed by atoms with Gasteiger partial charge in [0.1, 0.15) is 6.61 Å². The van der Waals surface area contributed by atoms with Gasteiger partial charge in [-0.25, -0.2) is 4.39 Å². The molecule has 11 heteroatoms. The first-order valence-corrected chi connectivity index (χ1v) is 8.19. The van der Waals surface area contributed by atoms with Crippen LogP contribution in [0.5, 0.6) is 0 Å². The minimum absolute atomic E-state index is 0.240. The summed E-state index contributed by atoms with van der Waals surface area (Å²) in [6.45, 7) is -1.56. The molecule has 0 aliphatic heterocycles. The molecule has 1 N–H and O–H groups in total. The Balaban J connectivity index is 2.70. The second-order valence-corrected chi connectivity index (χ2v) is 6.65. The SMILES string of the molecule is COC(=O)C1CCCCC1C(=O)OCC(F)C(F)(F)S(=O)(=O)O. The summed E-state index contributed by atoms with van der Waals surface area (Å²) in [7, 11) is -4.85. The molecular formula is C12H17F3O7S. The van der Waals surface area contributed by atoms with E-state index < -0.39 is 51.9 Å². The predicted octanol–water partition coefficient (Wildman–Crippen LogP) is 1.33. The Kier molecular flexibility index (Phi) is 6.40. The smallest absolute Gasteiger partial charge is 0.403 e. The lowest BCUT2D eigenvalue weighted by atomic mass is 9.79. The predicted molar refractivity (Wildman–Crippen MR) is 69.8 cm³/mol. The maximum Gasteiger partial charge on any atom is 0.403 e. The number of ether oxygens (including phenoxy) is 2. The van der Waals surface area contributed by atoms with Gasteiger partial charge in [0.25, 0.3) is 0 Å². The van der Waals surface area contributed by atoms with Crippen molar-refractivity contribution in [2.75, 3.05) is 13.7 Å². The second kappa shape index (κ2) is 7.47. The van der Waals surface area contributed by atoms with Gasteiger partial charge in [0.15, 0.2) is 0 Å². The van der Waals surface area contributed by atoms with Gasteiger partial charge in [0.2, 0.25) is 6.17 Å². The third-order valence-electron chi connectivity index (χ3n) is 3.65. The Hall–Kier alpha value is -1.36. The summed E-state index contributed by atoms with van der Waals surface area (Å²) < 4.78 is 77.2. The van der Waals surface area contributed by atoms with Gasteiger partial charge in [-0.15, -0.1) is 0 Å². The van der Waals surface area contributed by atoms with E-state index in [1.54, 1.807) is 0 Å². The highest BCUT2D eigenvalue weighted by Gasteiger charge is 2.53. The number of rotatable bonds is 6. The van der Waals surface area contributed by atoms with E-state index in [1.807, 2.05) is 0 Å². The molecule has 1 saturated carbocycles. The molecule has 23 heavy (non-hydrogen) atoms. The number of carbonyl (C=O) groups excluding carboxylic acids is 2. The average Bonchev–Trinajstić information content (AvgIpc) is 2.50. The first kappa shape index (κ1) is 19.7. The van der Waals surface area contributed by atoms with Crippen LogP contribution < -0.4 is 0 Å². The Bertz CT molecular complexity index is 549. The average molecular weight is 362 g/mol. The van der Waals surface area contributed by atoms with Crippen molar-refractivity contribution in [1.82, 2.24) is 0 Å². The summed E-state index contributed by atoms with van der Waals surface area (Å²) in [6, 6.07) is 0. The molecule has 1 aliphatic rings. The van der Waals surface area contributed by atoms with Crippen LogP contribution >= 0.6 is 0 Å². The van der Waals surface area contributed by atoms with E-state index in [4.69, 9.17) is 4.55 Å². The van der Waals surface area contributed by atoms with Crippen LogP contribution in [-0.4, -0.2) is 50.1 Å². The Labute approximate surface area is 130 Å². The van der Waals surface area contributed by atoms with Gasteiger partial charge in [-0.3, -0.25) is 14.1 Å². The van der Waals surface area contributed by atoms with Gasteiger partial charge in [-0.05, 0) is 12.8 Å². The second-order valence-electron chi connectivity index (χ2n) is 5.16. The van der Waals surface area contributed by atoms with Gasteiger partial charge in [0, 0.05) is 0 Å². The zero-order valence-electron chi connectivity index (χ0n) is 12.2. The number of halogens is 3. The highest BCUT2D eigenvalue weighted by atomic mass is 32.2. The molecule has 0 aromatic rings. The van der Waals surface area contributed by atoms with E-state index in [0.29, 0.717) is 19.3 Å². The number of methoxy groups -OCH3 is 1. The number of alkyl halides is 3. The van der Waals surface area contributed by atoms with Crippen LogP contribution in [0.4, 0.5) is 13.2 Å². The van der Waals surface area contributed by atoms with E-state index in [2.05, 4.69) is 9.47 Å².